The normalized spacial score (nSPS) is 15.7. The molecule has 0 aromatic heterocycles. The van der Waals surface area contributed by atoms with E-state index in [1.807, 2.05) is 13.8 Å². The van der Waals surface area contributed by atoms with Crippen molar-refractivity contribution >= 4 is 44.8 Å². The van der Waals surface area contributed by atoms with Crippen LogP contribution in [0.4, 0.5) is 17.1 Å². The molecule has 0 spiro atoms. The molecule has 0 unspecified atom stereocenters. The lowest BCUT2D eigenvalue weighted by molar-refractivity contribution is -0.560. The number of aliphatic hydroxyl groups excluding tert-OH is 2. The van der Waals surface area contributed by atoms with E-state index in [2.05, 4.69) is 14.8 Å². The predicted molar refractivity (Wildman–Crippen MR) is 111 cm³/mol. The molecular weight excluding hydrogens is 384 g/mol. The lowest BCUT2D eigenvalue weighted by Gasteiger charge is -2.24. The Morgan fingerprint density at radius 2 is 1.93 bits per heavy atom. The van der Waals surface area contributed by atoms with Gasteiger partial charge in [0.2, 0.25) is 10.0 Å². The van der Waals surface area contributed by atoms with E-state index >= 15 is 0 Å². The number of amidine groups is 1. The summed E-state index contributed by atoms with van der Waals surface area (Å²) in [5.41, 5.74) is 7.79. The number of hydrogen-bond donors (Lipinski definition) is 4. The average Bonchev–Trinajstić information content (AvgIpc) is 2.96. The molecular formula is C17H27N6O4S+. The maximum atomic E-state index is 11.8. The summed E-state index contributed by atoms with van der Waals surface area (Å²) >= 11 is 0. The largest absolute Gasteiger partial charge is 0.395 e. The lowest BCUT2D eigenvalue weighted by Crippen LogP contribution is -2.31. The number of nitrogens with zero attached hydrogens (tertiary/aromatic N) is 4. The van der Waals surface area contributed by atoms with Crippen molar-refractivity contribution in [2.45, 2.75) is 19.9 Å². The fourth-order valence-corrected chi connectivity index (χ4v) is 3.26. The lowest BCUT2D eigenvalue weighted by atomic mass is 10.2. The fraction of sp³-hybridized carbons (Fsp3) is 0.471. The molecule has 5 N–H and O–H groups in total. The SMILES string of the molecule is CC(C)[N+]1=C(N)C(=Nc2ccc(N(CCO)CCO)cc2NS(C)(=O)=O)C=N1. The Bertz CT molecular complexity index is 902. The molecule has 2 rings (SSSR count). The number of nitrogens with two attached hydrogens (primary N) is 1. The molecule has 1 heterocycles. The van der Waals surface area contributed by atoms with Crippen molar-refractivity contribution in [3.63, 3.8) is 0 Å². The van der Waals surface area contributed by atoms with Crippen molar-refractivity contribution in [2.24, 2.45) is 15.8 Å². The molecule has 10 nitrogen and oxygen atoms in total. The van der Waals surface area contributed by atoms with Crippen LogP contribution in [0.3, 0.4) is 0 Å². The number of sulfonamides is 1. The highest BCUT2D eigenvalue weighted by Crippen LogP contribution is 2.31. The molecule has 0 atom stereocenters. The van der Waals surface area contributed by atoms with Gasteiger partial charge in [0.15, 0.2) is 5.71 Å². The van der Waals surface area contributed by atoms with Gasteiger partial charge in [-0.2, -0.15) is 0 Å². The molecule has 28 heavy (non-hydrogen) atoms. The van der Waals surface area contributed by atoms with Gasteiger partial charge in [-0.05, 0) is 32.0 Å². The highest BCUT2D eigenvalue weighted by molar-refractivity contribution is 7.92. The second kappa shape index (κ2) is 9.13. The van der Waals surface area contributed by atoms with Gasteiger partial charge >= 0.3 is 5.84 Å². The van der Waals surface area contributed by atoms with E-state index in [-0.39, 0.29) is 24.9 Å². The first-order valence-electron chi connectivity index (χ1n) is 8.79. The number of anilines is 2. The summed E-state index contributed by atoms with van der Waals surface area (Å²) < 4.78 is 27.7. The first-order chi connectivity index (χ1) is 13.2. The van der Waals surface area contributed by atoms with Crippen LogP contribution >= 0.6 is 0 Å². The zero-order chi connectivity index (χ0) is 20.9. The van der Waals surface area contributed by atoms with E-state index in [4.69, 9.17) is 5.73 Å². The minimum Gasteiger partial charge on any atom is -0.395 e. The fourth-order valence-electron chi connectivity index (χ4n) is 2.70. The van der Waals surface area contributed by atoms with Crippen LogP contribution in [0, 0.1) is 0 Å². The molecule has 0 bridgehead atoms. The molecule has 0 saturated heterocycles. The Labute approximate surface area is 164 Å². The predicted octanol–water partition coefficient (Wildman–Crippen LogP) is -0.301. The summed E-state index contributed by atoms with van der Waals surface area (Å²) in [5, 5.41) is 22.7. The van der Waals surface area contributed by atoms with E-state index in [1.54, 1.807) is 27.8 Å². The summed E-state index contributed by atoms with van der Waals surface area (Å²) in [6, 6.07) is 5.05. The minimum absolute atomic E-state index is 0.0606. The number of nitrogens with one attached hydrogen (secondary N) is 1. The molecule has 11 heteroatoms. The smallest absolute Gasteiger partial charge is 0.321 e. The van der Waals surface area contributed by atoms with E-state index in [0.717, 1.165) is 6.26 Å². The molecule has 0 amide bonds. The van der Waals surface area contributed by atoms with Gasteiger partial charge in [-0.15, -0.1) is 4.68 Å². The third-order valence-corrected chi connectivity index (χ3v) is 4.51. The zero-order valence-corrected chi connectivity index (χ0v) is 17.0. The summed E-state index contributed by atoms with van der Waals surface area (Å²) in [7, 11) is -3.56. The summed E-state index contributed by atoms with van der Waals surface area (Å²) in [5.74, 6) is 0.381. The molecule has 154 valence electrons. The number of aliphatic imine (C=N–C) groups is 1. The molecule has 0 fully saturated rings. The average molecular weight is 412 g/mol. The standard InChI is InChI=1S/C17H26N6O4S/c1-12(2)23-17(18)16(11-19-23)20-14-5-4-13(22(6-8-24)7-9-25)10-15(14)21-28(3,26)27/h4-5,10-12,24-25H,6-9H2,1-3H3,(H2,18,19,21)/p+1. The van der Waals surface area contributed by atoms with Crippen molar-refractivity contribution < 1.29 is 23.3 Å². The Balaban J connectivity index is 2.50. The van der Waals surface area contributed by atoms with Gasteiger partial charge < -0.3 is 15.1 Å². The Hall–Kier alpha value is -2.50. The van der Waals surface area contributed by atoms with Crippen molar-refractivity contribution in [3.8, 4) is 0 Å². The second-order valence-electron chi connectivity index (χ2n) is 6.58. The van der Waals surface area contributed by atoms with Gasteiger partial charge in [-0.1, -0.05) is 5.10 Å². The van der Waals surface area contributed by atoms with Gasteiger partial charge in [0.1, 0.15) is 12.3 Å². The third kappa shape index (κ3) is 5.50. The highest BCUT2D eigenvalue weighted by Gasteiger charge is 2.24. The molecule has 1 aromatic rings. The van der Waals surface area contributed by atoms with Gasteiger partial charge in [0, 0.05) is 18.8 Å². The minimum atomic E-state index is -3.56. The molecule has 1 aliphatic rings. The van der Waals surface area contributed by atoms with Crippen LogP contribution in [0.2, 0.25) is 0 Å². The van der Waals surface area contributed by atoms with Gasteiger partial charge in [0.05, 0.1) is 30.8 Å². The number of aliphatic hydroxyl groups is 2. The van der Waals surface area contributed by atoms with Crippen LogP contribution in [-0.2, 0) is 10.0 Å². The van der Waals surface area contributed by atoms with E-state index in [9.17, 15) is 18.6 Å². The second-order valence-corrected chi connectivity index (χ2v) is 8.32. The van der Waals surface area contributed by atoms with Crippen LogP contribution in [0.15, 0.2) is 28.3 Å². The Morgan fingerprint density at radius 3 is 2.43 bits per heavy atom. The van der Waals surface area contributed by atoms with E-state index in [0.29, 0.717) is 36.0 Å². The number of hydrogen-bond acceptors (Lipinski definition) is 8. The van der Waals surface area contributed by atoms with Crippen LogP contribution in [0.5, 0.6) is 0 Å². The zero-order valence-electron chi connectivity index (χ0n) is 16.2. The quantitative estimate of drug-likeness (QED) is 0.411. The number of benzene rings is 1. The monoisotopic (exact) mass is 411 g/mol. The summed E-state index contributed by atoms with van der Waals surface area (Å²) in [6.07, 6.45) is 2.57. The molecule has 0 radical (unpaired) electrons. The van der Waals surface area contributed by atoms with Gasteiger partial charge in [-0.3, -0.25) is 10.5 Å². The maximum absolute atomic E-state index is 11.8. The van der Waals surface area contributed by atoms with Gasteiger partial charge in [-0.25, -0.2) is 13.4 Å². The first kappa shape index (κ1) is 21.8. The van der Waals surface area contributed by atoms with Crippen molar-refractivity contribution in [1.82, 2.24) is 0 Å². The van der Waals surface area contributed by atoms with Crippen LogP contribution in [0.25, 0.3) is 0 Å². The van der Waals surface area contributed by atoms with Gasteiger partial charge in [0.25, 0.3) is 0 Å². The Kier molecular flexibility index (Phi) is 7.11. The Morgan fingerprint density at radius 1 is 1.29 bits per heavy atom. The molecule has 0 saturated carbocycles. The maximum Gasteiger partial charge on any atom is 0.321 e. The van der Waals surface area contributed by atoms with Crippen molar-refractivity contribution in [2.75, 3.05) is 42.2 Å². The van der Waals surface area contributed by atoms with Crippen molar-refractivity contribution in [3.05, 3.63) is 18.2 Å². The molecule has 1 aromatic carbocycles. The number of hydrazone groups is 1. The molecule has 0 aliphatic carbocycles. The first-order valence-corrected chi connectivity index (χ1v) is 10.7. The molecule has 1 aliphatic heterocycles. The number of rotatable bonds is 9. The van der Waals surface area contributed by atoms with E-state index in [1.165, 1.54) is 6.21 Å². The topological polar surface area (TPSA) is 144 Å². The third-order valence-electron chi connectivity index (χ3n) is 3.92. The van der Waals surface area contributed by atoms with Crippen LogP contribution in [0.1, 0.15) is 13.8 Å². The van der Waals surface area contributed by atoms with E-state index < -0.39 is 10.0 Å². The highest BCUT2D eigenvalue weighted by atomic mass is 32.2. The van der Waals surface area contributed by atoms with Crippen LogP contribution < -0.4 is 15.4 Å². The van der Waals surface area contributed by atoms with Crippen LogP contribution in [-0.4, -0.2) is 79.7 Å². The summed E-state index contributed by atoms with van der Waals surface area (Å²) in [6.45, 7) is 4.26. The summed E-state index contributed by atoms with van der Waals surface area (Å²) in [4.78, 5) is 6.21. The van der Waals surface area contributed by atoms with Crippen molar-refractivity contribution in [1.29, 1.82) is 0 Å².